The average molecular weight is 454 g/mol. The maximum atomic E-state index is 13.2. The molecule has 1 aliphatic heterocycles. The molecule has 2 aromatic carbocycles. The Balaban J connectivity index is 1.35. The molecule has 1 aliphatic rings. The van der Waals surface area contributed by atoms with E-state index < -0.39 is 10.0 Å². The highest BCUT2D eigenvalue weighted by atomic mass is 32.2. The predicted molar refractivity (Wildman–Crippen MR) is 122 cm³/mol. The van der Waals surface area contributed by atoms with E-state index in [0.29, 0.717) is 44.7 Å². The zero-order valence-electron chi connectivity index (χ0n) is 17.8. The van der Waals surface area contributed by atoms with Crippen LogP contribution in [0.1, 0.15) is 21.7 Å². The first-order chi connectivity index (χ1) is 15.5. The predicted octanol–water partition coefficient (Wildman–Crippen LogP) is 2.76. The van der Waals surface area contributed by atoms with Gasteiger partial charge in [-0.2, -0.15) is 4.31 Å². The number of rotatable bonds is 8. The molecule has 0 spiro atoms. The van der Waals surface area contributed by atoms with E-state index in [1.807, 2.05) is 24.3 Å². The molecule has 3 aromatic rings. The number of piperazine rings is 1. The second kappa shape index (κ2) is 10.1. The van der Waals surface area contributed by atoms with Crippen molar-refractivity contribution in [1.82, 2.24) is 14.5 Å². The van der Waals surface area contributed by atoms with Gasteiger partial charge in [-0.25, -0.2) is 8.42 Å². The molecule has 1 fully saturated rings. The molecule has 32 heavy (non-hydrogen) atoms. The summed E-state index contributed by atoms with van der Waals surface area (Å²) in [5, 5.41) is 2.81. The number of hydrogen-bond donors (Lipinski definition) is 1. The van der Waals surface area contributed by atoms with Crippen molar-refractivity contribution in [3.8, 4) is 0 Å². The lowest BCUT2D eigenvalue weighted by Crippen LogP contribution is -2.48. The molecule has 4 rings (SSSR count). The quantitative estimate of drug-likeness (QED) is 0.567. The zero-order chi connectivity index (χ0) is 22.4. The number of amides is 1. The van der Waals surface area contributed by atoms with Crippen LogP contribution in [0.5, 0.6) is 0 Å². The van der Waals surface area contributed by atoms with Crippen LogP contribution in [0, 0.1) is 0 Å². The monoisotopic (exact) mass is 453 g/mol. The Bertz CT molecular complexity index is 1120. The van der Waals surface area contributed by atoms with Crippen molar-refractivity contribution in [2.75, 3.05) is 32.7 Å². The molecule has 0 atom stereocenters. The van der Waals surface area contributed by atoms with E-state index in [4.69, 9.17) is 4.42 Å². The minimum atomic E-state index is -3.66. The molecule has 0 saturated carbocycles. The smallest absolute Gasteiger partial charge is 0.251 e. The number of nitrogens with one attached hydrogen (secondary N) is 1. The summed E-state index contributed by atoms with van der Waals surface area (Å²) in [4.78, 5) is 14.9. The highest BCUT2D eigenvalue weighted by Gasteiger charge is 2.29. The molecule has 7 nitrogen and oxygen atoms in total. The number of benzene rings is 2. The van der Waals surface area contributed by atoms with Crippen molar-refractivity contribution in [2.45, 2.75) is 17.9 Å². The van der Waals surface area contributed by atoms with E-state index in [9.17, 15) is 13.2 Å². The molecule has 0 unspecified atom stereocenters. The number of hydrogen-bond acceptors (Lipinski definition) is 5. The van der Waals surface area contributed by atoms with Crippen LogP contribution >= 0.6 is 0 Å². The number of carbonyl (C=O) groups is 1. The van der Waals surface area contributed by atoms with E-state index in [-0.39, 0.29) is 10.8 Å². The number of furan rings is 1. The van der Waals surface area contributed by atoms with Crippen LogP contribution in [0.3, 0.4) is 0 Å². The van der Waals surface area contributed by atoms with Gasteiger partial charge in [0.1, 0.15) is 5.76 Å². The third-order valence-corrected chi connectivity index (χ3v) is 7.45. The summed E-state index contributed by atoms with van der Waals surface area (Å²) in [6, 6.07) is 20.0. The minimum absolute atomic E-state index is 0.146. The summed E-state index contributed by atoms with van der Waals surface area (Å²) in [5.41, 5.74) is 1.54. The van der Waals surface area contributed by atoms with Gasteiger partial charge >= 0.3 is 0 Å². The summed E-state index contributed by atoms with van der Waals surface area (Å²) in [6.45, 7) is 3.40. The first-order valence-electron chi connectivity index (χ1n) is 10.7. The lowest BCUT2D eigenvalue weighted by atomic mass is 10.2. The largest absolute Gasteiger partial charge is 0.469 e. The van der Waals surface area contributed by atoms with E-state index >= 15 is 0 Å². The van der Waals surface area contributed by atoms with Gasteiger partial charge < -0.3 is 9.73 Å². The molecular weight excluding hydrogens is 426 g/mol. The van der Waals surface area contributed by atoms with Gasteiger partial charge in [0.05, 0.1) is 11.2 Å². The van der Waals surface area contributed by atoms with Crippen LogP contribution < -0.4 is 5.32 Å². The van der Waals surface area contributed by atoms with Gasteiger partial charge in [-0.05, 0) is 35.9 Å². The van der Waals surface area contributed by atoms with Crippen LogP contribution in [0.4, 0.5) is 0 Å². The molecule has 2 heterocycles. The molecule has 0 bridgehead atoms. The molecule has 1 N–H and O–H groups in total. The fourth-order valence-electron chi connectivity index (χ4n) is 3.77. The van der Waals surface area contributed by atoms with Crippen LogP contribution in [-0.4, -0.2) is 56.3 Å². The van der Waals surface area contributed by atoms with Gasteiger partial charge in [0.15, 0.2) is 0 Å². The van der Waals surface area contributed by atoms with Crippen molar-refractivity contribution >= 4 is 15.9 Å². The van der Waals surface area contributed by atoms with Crippen LogP contribution in [0.15, 0.2) is 82.3 Å². The van der Waals surface area contributed by atoms with Crippen molar-refractivity contribution in [2.24, 2.45) is 0 Å². The Labute approximate surface area is 188 Å². The van der Waals surface area contributed by atoms with Crippen molar-refractivity contribution in [3.05, 3.63) is 89.9 Å². The van der Waals surface area contributed by atoms with E-state index in [0.717, 1.165) is 12.3 Å². The average Bonchev–Trinajstić information content (AvgIpc) is 3.34. The van der Waals surface area contributed by atoms with E-state index in [1.54, 1.807) is 30.5 Å². The topological polar surface area (TPSA) is 82.9 Å². The van der Waals surface area contributed by atoms with E-state index in [1.165, 1.54) is 15.9 Å². The summed E-state index contributed by atoms with van der Waals surface area (Å²) >= 11 is 0. The second-order valence-corrected chi connectivity index (χ2v) is 9.72. The van der Waals surface area contributed by atoms with Crippen LogP contribution in [0.25, 0.3) is 0 Å². The Morgan fingerprint density at radius 3 is 2.44 bits per heavy atom. The normalized spacial score (nSPS) is 15.5. The molecule has 168 valence electrons. The summed E-state index contributed by atoms with van der Waals surface area (Å²) in [6.07, 6.45) is 2.16. The Kier molecular flexibility index (Phi) is 7.04. The van der Waals surface area contributed by atoms with Gasteiger partial charge in [-0.15, -0.1) is 0 Å². The van der Waals surface area contributed by atoms with Crippen molar-refractivity contribution in [3.63, 3.8) is 0 Å². The molecular formula is C24H27N3O4S. The summed E-state index contributed by atoms with van der Waals surface area (Å²) in [7, 11) is -3.66. The maximum Gasteiger partial charge on any atom is 0.251 e. The zero-order valence-corrected chi connectivity index (χ0v) is 18.6. The first kappa shape index (κ1) is 22.3. The fourth-order valence-corrected chi connectivity index (χ4v) is 5.24. The molecule has 0 aliphatic carbocycles. The van der Waals surface area contributed by atoms with Gasteiger partial charge in [0.25, 0.3) is 5.91 Å². The number of sulfonamides is 1. The Morgan fingerprint density at radius 1 is 0.938 bits per heavy atom. The van der Waals surface area contributed by atoms with Gasteiger partial charge in [-0.1, -0.05) is 36.4 Å². The highest BCUT2D eigenvalue weighted by Crippen LogP contribution is 2.20. The van der Waals surface area contributed by atoms with Gasteiger partial charge in [-0.3, -0.25) is 9.69 Å². The number of nitrogens with zero attached hydrogens (tertiary/aromatic N) is 2. The SMILES string of the molecule is O=C(NCCc1ccco1)c1cccc(S(=O)(=O)N2CCN(Cc3ccccc3)CC2)c1. The third-order valence-electron chi connectivity index (χ3n) is 5.55. The summed E-state index contributed by atoms with van der Waals surface area (Å²) in [5.74, 6) is 0.481. The highest BCUT2D eigenvalue weighted by molar-refractivity contribution is 7.89. The molecule has 1 saturated heterocycles. The standard InChI is InChI=1S/C24H27N3O4S/c28-24(25-12-11-22-9-5-17-31-22)21-8-4-10-23(18-21)32(29,30)27-15-13-26(14-16-27)19-20-6-2-1-3-7-20/h1-10,17-18H,11-16,19H2,(H,25,28). The van der Waals surface area contributed by atoms with Gasteiger partial charge in [0.2, 0.25) is 10.0 Å². The van der Waals surface area contributed by atoms with Crippen LogP contribution in [-0.2, 0) is 23.0 Å². The Hall–Kier alpha value is -2.94. The van der Waals surface area contributed by atoms with Gasteiger partial charge in [0, 0.05) is 51.3 Å². The van der Waals surface area contributed by atoms with E-state index in [2.05, 4.69) is 22.3 Å². The molecule has 1 aromatic heterocycles. The molecule has 0 radical (unpaired) electrons. The number of carbonyl (C=O) groups excluding carboxylic acids is 1. The van der Waals surface area contributed by atoms with Crippen molar-refractivity contribution < 1.29 is 17.6 Å². The summed E-state index contributed by atoms with van der Waals surface area (Å²) < 4.78 is 33.1. The molecule has 8 heteroatoms. The lowest BCUT2D eigenvalue weighted by molar-refractivity contribution is 0.0953. The second-order valence-electron chi connectivity index (χ2n) is 7.78. The maximum absolute atomic E-state index is 13.2. The van der Waals surface area contributed by atoms with Crippen molar-refractivity contribution in [1.29, 1.82) is 0 Å². The first-order valence-corrected chi connectivity index (χ1v) is 12.1. The third kappa shape index (κ3) is 5.45. The van der Waals surface area contributed by atoms with Crippen LogP contribution in [0.2, 0.25) is 0 Å². The molecule has 1 amide bonds. The Morgan fingerprint density at radius 2 is 1.72 bits per heavy atom. The minimum Gasteiger partial charge on any atom is -0.469 e. The lowest BCUT2D eigenvalue weighted by Gasteiger charge is -2.34. The fraction of sp³-hybridized carbons (Fsp3) is 0.292.